The van der Waals surface area contributed by atoms with Gasteiger partial charge in [0.2, 0.25) is 0 Å². The predicted molar refractivity (Wildman–Crippen MR) is 100 cm³/mol. The monoisotopic (exact) mass is 350 g/mol. The van der Waals surface area contributed by atoms with Crippen molar-refractivity contribution in [1.82, 2.24) is 9.88 Å². The number of hydrogen-bond acceptors (Lipinski definition) is 5. The summed E-state index contributed by atoms with van der Waals surface area (Å²) in [6, 6.07) is 10.5. The normalized spacial score (nSPS) is 10.9. The zero-order valence-electron chi connectivity index (χ0n) is 14.9. The molecule has 2 rings (SSSR count). The van der Waals surface area contributed by atoms with Crippen LogP contribution in [0.4, 0.5) is 5.69 Å². The minimum atomic E-state index is -0.469. The van der Waals surface area contributed by atoms with Crippen LogP contribution in [0.3, 0.4) is 0 Å². The molecule has 1 aromatic heterocycles. The molecule has 0 aliphatic rings. The van der Waals surface area contributed by atoms with E-state index in [1.807, 2.05) is 30.0 Å². The van der Waals surface area contributed by atoms with Crippen molar-refractivity contribution in [2.45, 2.75) is 20.3 Å². The van der Waals surface area contributed by atoms with Crippen LogP contribution in [0.25, 0.3) is 0 Å². The second-order valence-corrected chi connectivity index (χ2v) is 5.84. The Kier molecular flexibility index (Phi) is 6.75. The van der Waals surface area contributed by atoms with E-state index in [4.69, 9.17) is 0 Å². The molecule has 0 bridgehead atoms. The Morgan fingerprint density at radius 3 is 2.69 bits per heavy atom. The third kappa shape index (κ3) is 5.35. The fourth-order valence-corrected chi connectivity index (χ4v) is 2.43. The van der Waals surface area contributed by atoms with Crippen LogP contribution in [-0.4, -0.2) is 34.0 Å². The highest BCUT2D eigenvalue weighted by Gasteiger charge is 2.12. The highest BCUT2D eigenvalue weighted by molar-refractivity contribution is 6.06. The molecule has 1 heterocycles. The molecule has 0 unspecified atom stereocenters. The fourth-order valence-electron chi connectivity index (χ4n) is 2.43. The summed E-state index contributed by atoms with van der Waals surface area (Å²) in [6.45, 7) is 5.12. The summed E-state index contributed by atoms with van der Waals surface area (Å²) in [5, 5.41) is 21.5. The molecule has 2 aromatic rings. The van der Waals surface area contributed by atoms with Gasteiger partial charge in [0.05, 0.1) is 0 Å². The maximum atomic E-state index is 12.4. The van der Waals surface area contributed by atoms with Crippen molar-refractivity contribution in [1.29, 1.82) is 5.26 Å². The second-order valence-electron chi connectivity index (χ2n) is 5.84. The first-order valence-corrected chi connectivity index (χ1v) is 8.39. The van der Waals surface area contributed by atoms with Crippen LogP contribution in [0.5, 0.6) is 5.75 Å². The Morgan fingerprint density at radius 2 is 2.08 bits per heavy atom. The number of phenols is 1. The zero-order valence-corrected chi connectivity index (χ0v) is 14.9. The van der Waals surface area contributed by atoms with Crippen LogP contribution in [0.15, 0.2) is 54.5 Å². The number of phenolic OH excluding ortho intramolecular Hbond substituents is 1. The first-order valence-electron chi connectivity index (χ1n) is 8.39. The Hall–Kier alpha value is -3.33. The van der Waals surface area contributed by atoms with E-state index in [1.54, 1.807) is 37.7 Å². The molecule has 0 aliphatic carbocycles. The van der Waals surface area contributed by atoms with Crippen LogP contribution in [-0.2, 0) is 11.2 Å². The molecule has 2 N–H and O–H groups in total. The van der Waals surface area contributed by atoms with Crippen LogP contribution >= 0.6 is 0 Å². The first-order chi connectivity index (χ1) is 12.5. The van der Waals surface area contributed by atoms with Crippen molar-refractivity contribution >= 4 is 11.6 Å². The van der Waals surface area contributed by atoms with Gasteiger partial charge in [-0.2, -0.15) is 5.26 Å². The molecule has 0 spiro atoms. The van der Waals surface area contributed by atoms with Crippen LogP contribution in [0, 0.1) is 18.3 Å². The number of nitriles is 1. The topological polar surface area (TPSA) is 89.2 Å². The van der Waals surface area contributed by atoms with Gasteiger partial charge in [-0.1, -0.05) is 0 Å². The van der Waals surface area contributed by atoms with E-state index >= 15 is 0 Å². The molecule has 0 saturated heterocycles. The number of carbonyl (C=O) groups is 1. The number of hydrogen-bond donors (Lipinski definition) is 2. The van der Waals surface area contributed by atoms with Crippen molar-refractivity contribution in [3.8, 4) is 11.8 Å². The number of anilines is 1. The number of amides is 1. The lowest BCUT2D eigenvalue weighted by Crippen LogP contribution is -2.23. The Bertz CT molecular complexity index is 825. The highest BCUT2D eigenvalue weighted by Crippen LogP contribution is 2.20. The first kappa shape index (κ1) is 19.0. The lowest BCUT2D eigenvalue weighted by Gasteiger charge is -2.19. The molecule has 0 radical (unpaired) electrons. The summed E-state index contributed by atoms with van der Waals surface area (Å²) >= 11 is 0. The van der Waals surface area contributed by atoms with Crippen molar-refractivity contribution in [2.24, 2.45) is 0 Å². The molecule has 0 fully saturated rings. The number of nitrogens with one attached hydrogen (secondary N) is 1. The number of benzene rings is 1. The number of aromatic nitrogens is 1. The zero-order chi connectivity index (χ0) is 18.9. The molecular formula is C20H22N4O2. The van der Waals surface area contributed by atoms with Gasteiger partial charge < -0.3 is 15.3 Å². The standard InChI is InChI=1S/C20H22N4O2/c1-3-24(11-8-16-6-9-22-10-7-16)14-17(13-21)20(26)23-19-5-4-18(25)12-15(19)2/h4-7,9-10,12,14,25H,3,8,11H2,1-2H3,(H,23,26)/b17-14-. The van der Waals surface area contributed by atoms with E-state index in [-0.39, 0.29) is 11.3 Å². The van der Waals surface area contributed by atoms with E-state index in [2.05, 4.69) is 10.3 Å². The second kappa shape index (κ2) is 9.23. The summed E-state index contributed by atoms with van der Waals surface area (Å²) in [7, 11) is 0. The molecule has 1 amide bonds. The molecular weight excluding hydrogens is 328 g/mol. The smallest absolute Gasteiger partial charge is 0.267 e. The maximum absolute atomic E-state index is 12.4. The van der Waals surface area contributed by atoms with Gasteiger partial charge in [0.25, 0.3) is 5.91 Å². The summed E-state index contributed by atoms with van der Waals surface area (Å²) in [4.78, 5) is 18.3. The SMILES string of the molecule is CCN(/C=C(/C#N)C(=O)Nc1ccc(O)cc1C)CCc1ccncc1. The number of nitrogens with zero attached hydrogens (tertiary/aromatic N) is 3. The highest BCUT2D eigenvalue weighted by atomic mass is 16.3. The van der Waals surface area contributed by atoms with E-state index in [1.165, 1.54) is 6.07 Å². The molecule has 26 heavy (non-hydrogen) atoms. The van der Waals surface area contributed by atoms with Crippen LogP contribution in [0.2, 0.25) is 0 Å². The minimum absolute atomic E-state index is 0.0362. The third-order valence-corrected chi connectivity index (χ3v) is 3.98. The van der Waals surface area contributed by atoms with Gasteiger partial charge in [-0.3, -0.25) is 9.78 Å². The van der Waals surface area contributed by atoms with Gasteiger partial charge in [-0.05, 0) is 61.7 Å². The van der Waals surface area contributed by atoms with Crippen LogP contribution < -0.4 is 5.32 Å². The van der Waals surface area contributed by atoms with Crippen molar-refractivity contribution in [3.05, 3.63) is 65.6 Å². The van der Waals surface area contributed by atoms with Gasteiger partial charge in [0, 0.05) is 37.4 Å². The third-order valence-electron chi connectivity index (χ3n) is 3.98. The Labute approximate surface area is 153 Å². The fraction of sp³-hybridized carbons (Fsp3) is 0.250. The average Bonchev–Trinajstić information content (AvgIpc) is 2.65. The summed E-state index contributed by atoms with van der Waals surface area (Å²) in [5.74, 6) is -0.339. The molecule has 0 saturated carbocycles. The van der Waals surface area contributed by atoms with Gasteiger partial charge in [0.15, 0.2) is 0 Å². The quantitative estimate of drug-likeness (QED) is 0.455. The summed E-state index contributed by atoms with van der Waals surface area (Å²) < 4.78 is 0. The lowest BCUT2D eigenvalue weighted by molar-refractivity contribution is -0.112. The van der Waals surface area contributed by atoms with E-state index < -0.39 is 5.91 Å². The van der Waals surface area contributed by atoms with Crippen LogP contribution in [0.1, 0.15) is 18.1 Å². The van der Waals surface area contributed by atoms with E-state index in [0.717, 1.165) is 17.5 Å². The number of carbonyl (C=O) groups excluding carboxylic acids is 1. The van der Waals surface area contributed by atoms with Gasteiger partial charge in [-0.25, -0.2) is 0 Å². The molecule has 0 aliphatic heterocycles. The molecule has 134 valence electrons. The number of rotatable bonds is 7. The molecule has 6 nitrogen and oxygen atoms in total. The lowest BCUT2D eigenvalue weighted by atomic mass is 10.1. The predicted octanol–water partition coefficient (Wildman–Crippen LogP) is 3.01. The summed E-state index contributed by atoms with van der Waals surface area (Å²) in [5.41, 5.74) is 2.47. The number of likely N-dealkylation sites (N-methyl/N-ethyl adjacent to an activating group) is 1. The van der Waals surface area contributed by atoms with Gasteiger partial charge in [0.1, 0.15) is 17.4 Å². The maximum Gasteiger partial charge on any atom is 0.267 e. The van der Waals surface area contributed by atoms with Crippen molar-refractivity contribution in [3.63, 3.8) is 0 Å². The average molecular weight is 350 g/mol. The van der Waals surface area contributed by atoms with Crippen molar-refractivity contribution in [2.75, 3.05) is 18.4 Å². The van der Waals surface area contributed by atoms with Crippen molar-refractivity contribution < 1.29 is 9.90 Å². The molecule has 6 heteroatoms. The Balaban J connectivity index is 2.06. The Morgan fingerprint density at radius 1 is 1.35 bits per heavy atom. The minimum Gasteiger partial charge on any atom is -0.508 e. The van der Waals surface area contributed by atoms with Gasteiger partial charge >= 0.3 is 0 Å². The molecule has 1 aromatic carbocycles. The largest absolute Gasteiger partial charge is 0.508 e. The number of aromatic hydroxyl groups is 1. The summed E-state index contributed by atoms with van der Waals surface area (Å²) in [6.07, 6.45) is 5.88. The number of aryl methyl sites for hydroxylation is 1. The van der Waals surface area contributed by atoms with E-state index in [9.17, 15) is 15.2 Å². The van der Waals surface area contributed by atoms with E-state index in [0.29, 0.717) is 18.8 Å². The molecule has 0 atom stereocenters. The van der Waals surface area contributed by atoms with Gasteiger partial charge in [-0.15, -0.1) is 0 Å². The number of pyridine rings is 1.